The fraction of sp³-hybridized carbons (Fsp3) is 0.250. The topological polar surface area (TPSA) is 26.0 Å². The van der Waals surface area contributed by atoms with Crippen LogP contribution in [0.2, 0.25) is 0 Å². The number of hydrogen-bond donors (Lipinski definition) is 1. The summed E-state index contributed by atoms with van der Waals surface area (Å²) < 4.78 is 0. The Hall–Kier alpha value is 1.64. The molecule has 1 rings (SSSR count). The first-order valence-corrected chi connectivity index (χ1v) is 4.13. The van der Waals surface area contributed by atoms with Crippen molar-refractivity contribution in [2.75, 3.05) is 11.5 Å². The van der Waals surface area contributed by atoms with Gasteiger partial charge in [0.25, 0.3) is 0 Å². The molecular formula is C8H9Cl2Hg2NS. The van der Waals surface area contributed by atoms with Gasteiger partial charge in [-0.1, -0.05) is 19.1 Å². The van der Waals surface area contributed by atoms with Crippen LogP contribution in [0.1, 0.15) is 6.92 Å². The van der Waals surface area contributed by atoms with Crippen LogP contribution in [0.4, 0.5) is 5.69 Å². The zero-order valence-corrected chi connectivity index (χ0v) is 21.3. The second-order valence-corrected chi connectivity index (χ2v) is 3.14. The van der Waals surface area contributed by atoms with E-state index in [-0.39, 0.29) is 80.2 Å². The Morgan fingerprint density at radius 3 is 2.14 bits per heavy atom. The largest absolute Gasteiger partial charge is 1.00 e. The minimum atomic E-state index is 0. The molecule has 1 nitrogen and oxygen atoms in total. The summed E-state index contributed by atoms with van der Waals surface area (Å²) in [6.45, 7) is 2.10. The van der Waals surface area contributed by atoms with Crippen LogP contribution < -0.4 is 30.5 Å². The molecule has 0 fully saturated rings. The van der Waals surface area contributed by atoms with Gasteiger partial charge in [0.1, 0.15) is 0 Å². The number of hydrogen-bond acceptors (Lipinski definition) is 2. The van der Waals surface area contributed by atoms with Crippen LogP contribution in [-0.2, 0) is 55.3 Å². The summed E-state index contributed by atoms with van der Waals surface area (Å²) in [5.41, 5.74) is 6.43. The monoisotopic (exact) mass is 625 g/mol. The maximum Gasteiger partial charge on any atom is 1.00 e. The average molecular weight is 623 g/mol. The summed E-state index contributed by atoms with van der Waals surface area (Å²) in [6, 6.07) is 9.27. The first-order valence-electron chi connectivity index (χ1n) is 3.14. The zero-order valence-electron chi connectivity index (χ0n) is 8.02. The smallest absolute Gasteiger partial charge is 1.00 e. The van der Waals surface area contributed by atoms with E-state index in [4.69, 9.17) is 5.73 Å². The third kappa shape index (κ3) is 8.91. The molecule has 0 bridgehead atoms. The quantitative estimate of drug-likeness (QED) is 0.269. The summed E-state index contributed by atoms with van der Waals surface area (Å²) >= 11 is 1.73. The van der Waals surface area contributed by atoms with Crippen molar-refractivity contribution >= 4 is 17.4 Å². The molecule has 0 saturated carbocycles. The van der Waals surface area contributed by atoms with E-state index in [9.17, 15) is 0 Å². The van der Waals surface area contributed by atoms with Gasteiger partial charge in [-0.25, -0.2) is 0 Å². The molecular weight excluding hydrogens is 614 g/mol. The van der Waals surface area contributed by atoms with E-state index in [1.165, 1.54) is 0 Å². The molecule has 1 aromatic rings. The maximum atomic E-state index is 5.63. The summed E-state index contributed by atoms with van der Waals surface area (Å²) in [5.74, 6) is 1.04. The molecule has 70 valence electrons. The molecule has 0 spiro atoms. The molecule has 2 radical (unpaired) electrons. The number of anilines is 1. The van der Waals surface area contributed by atoms with Gasteiger partial charge in [-0.05, 0) is 5.75 Å². The molecule has 0 amide bonds. The Balaban J connectivity index is -0.000000125. The third-order valence-electron chi connectivity index (χ3n) is 1.10. The van der Waals surface area contributed by atoms with Crippen molar-refractivity contribution in [1.29, 1.82) is 0 Å². The minimum absolute atomic E-state index is 0. The van der Waals surface area contributed by atoms with Gasteiger partial charge >= 0.3 is 55.3 Å². The fourth-order valence-electron chi connectivity index (χ4n) is 0.662. The van der Waals surface area contributed by atoms with Gasteiger partial charge in [0.2, 0.25) is 0 Å². The fourth-order valence-corrected chi connectivity index (χ4v) is 1.34. The van der Waals surface area contributed by atoms with Gasteiger partial charge in [0.05, 0.1) is 5.69 Å². The molecule has 0 aromatic heterocycles. The molecule has 0 aliphatic carbocycles. The summed E-state index contributed by atoms with van der Waals surface area (Å²) in [5, 5.41) is 0. The van der Waals surface area contributed by atoms with E-state index in [2.05, 4.69) is 19.1 Å². The van der Waals surface area contributed by atoms with Crippen LogP contribution in [0.25, 0.3) is 0 Å². The van der Waals surface area contributed by atoms with E-state index >= 15 is 0 Å². The van der Waals surface area contributed by atoms with E-state index in [0.29, 0.717) is 0 Å². The van der Waals surface area contributed by atoms with E-state index < -0.39 is 0 Å². The van der Waals surface area contributed by atoms with Crippen molar-refractivity contribution in [2.24, 2.45) is 0 Å². The molecule has 0 unspecified atom stereocenters. The molecule has 0 saturated heterocycles. The van der Waals surface area contributed by atoms with Gasteiger partial charge in [0, 0.05) is 17.0 Å². The summed E-state index contributed by atoms with van der Waals surface area (Å²) in [4.78, 5) is 1.10. The predicted molar refractivity (Wildman–Crippen MR) is 44.9 cm³/mol. The first-order chi connectivity index (χ1) is 4.84. The molecule has 0 atom stereocenters. The van der Waals surface area contributed by atoms with Crippen LogP contribution in [-0.4, -0.2) is 5.75 Å². The summed E-state index contributed by atoms with van der Waals surface area (Å²) in [6.07, 6.45) is 0. The van der Waals surface area contributed by atoms with Crippen LogP contribution in [0, 0.1) is 12.1 Å². The Bertz CT molecular complexity index is 226. The van der Waals surface area contributed by atoms with Crippen LogP contribution in [0.3, 0.4) is 0 Å². The van der Waals surface area contributed by atoms with Gasteiger partial charge in [0.15, 0.2) is 0 Å². The van der Waals surface area contributed by atoms with Crippen molar-refractivity contribution in [3.63, 3.8) is 0 Å². The molecule has 1 aromatic carbocycles. The van der Waals surface area contributed by atoms with E-state index in [1.54, 1.807) is 17.8 Å². The van der Waals surface area contributed by atoms with Crippen LogP contribution in [0.5, 0.6) is 0 Å². The SMILES string of the molecule is CCSc1cc#ccc1N.[Cl-].[Cl-].[Hg+].[Hg+]. The van der Waals surface area contributed by atoms with E-state index in [0.717, 1.165) is 16.3 Å². The number of halogens is 2. The van der Waals surface area contributed by atoms with Gasteiger partial charge < -0.3 is 30.5 Å². The molecule has 6 heteroatoms. The van der Waals surface area contributed by atoms with Crippen LogP contribution >= 0.6 is 11.8 Å². The Morgan fingerprint density at radius 2 is 1.71 bits per heavy atom. The normalized spacial score (nSPS) is 6.36. The molecule has 0 aliphatic rings. The second kappa shape index (κ2) is 14.6. The number of nitrogen functional groups attached to an aromatic ring is 1. The Morgan fingerprint density at radius 1 is 1.21 bits per heavy atom. The Labute approximate surface area is 143 Å². The predicted octanol–water partition coefficient (Wildman–Crippen LogP) is -4.02. The number of thioether (sulfide) groups is 1. The zero-order chi connectivity index (χ0) is 7.40. The Kier molecular flexibility index (Phi) is 25.9. The number of rotatable bonds is 2. The maximum absolute atomic E-state index is 5.63. The van der Waals surface area contributed by atoms with Gasteiger partial charge in [-0.15, -0.1) is 11.8 Å². The third-order valence-corrected chi connectivity index (χ3v) is 2.05. The molecule has 0 heterocycles. The standard InChI is InChI=1S/C8H9NS.2ClH.2Hg/c1-2-10-8-6-4-3-5-7(8)9;;;;/h5-6H,2,9H2,1H3;2*1H;;/q;;;2*+1/p-2. The van der Waals surface area contributed by atoms with Crippen molar-refractivity contribution in [3.8, 4) is 0 Å². The molecule has 0 aliphatic heterocycles. The first kappa shape index (κ1) is 24.7. The van der Waals surface area contributed by atoms with Crippen molar-refractivity contribution in [2.45, 2.75) is 11.8 Å². The molecule has 14 heavy (non-hydrogen) atoms. The van der Waals surface area contributed by atoms with Gasteiger partial charge in [-0.2, -0.15) is 0 Å². The van der Waals surface area contributed by atoms with E-state index in [1.807, 2.05) is 6.07 Å². The van der Waals surface area contributed by atoms with Crippen molar-refractivity contribution in [3.05, 3.63) is 24.3 Å². The molecule has 2 N–H and O–H groups in total. The minimum Gasteiger partial charge on any atom is -1.00 e. The van der Waals surface area contributed by atoms with Crippen molar-refractivity contribution < 1.29 is 80.2 Å². The van der Waals surface area contributed by atoms with Crippen LogP contribution in [0.15, 0.2) is 17.0 Å². The van der Waals surface area contributed by atoms with Crippen molar-refractivity contribution in [1.82, 2.24) is 0 Å². The number of nitrogens with two attached hydrogens (primary N) is 1. The average Bonchev–Trinajstić information content (AvgIpc) is 1.94. The summed E-state index contributed by atoms with van der Waals surface area (Å²) in [7, 11) is 0. The second-order valence-electron chi connectivity index (χ2n) is 1.83. The van der Waals surface area contributed by atoms with Gasteiger partial charge in [-0.3, -0.25) is 0 Å².